The van der Waals surface area contributed by atoms with Crippen molar-refractivity contribution in [2.24, 2.45) is 5.73 Å². The van der Waals surface area contributed by atoms with E-state index in [1.165, 1.54) is 0 Å². The van der Waals surface area contributed by atoms with Gasteiger partial charge in [-0.3, -0.25) is 9.59 Å². The zero-order chi connectivity index (χ0) is 15.9. The SMILES string of the molecule is CC(C)(C)OC(=O)CCC(N)C(=O)NCc1ccccc1. The van der Waals surface area contributed by atoms with Gasteiger partial charge in [-0.15, -0.1) is 0 Å². The summed E-state index contributed by atoms with van der Waals surface area (Å²) in [6, 6.07) is 8.87. The summed E-state index contributed by atoms with van der Waals surface area (Å²) >= 11 is 0. The highest BCUT2D eigenvalue weighted by atomic mass is 16.6. The van der Waals surface area contributed by atoms with Gasteiger partial charge in [0.25, 0.3) is 0 Å². The highest BCUT2D eigenvalue weighted by Crippen LogP contribution is 2.09. The first-order chi connectivity index (χ1) is 9.78. The summed E-state index contributed by atoms with van der Waals surface area (Å²) < 4.78 is 5.17. The van der Waals surface area contributed by atoms with E-state index in [9.17, 15) is 9.59 Å². The smallest absolute Gasteiger partial charge is 0.306 e. The predicted molar refractivity (Wildman–Crippen MR) is 81.3 cm³/mol. The number of amides is 1. The molecule has 21 heavy (non-hydrogen) atoms. The number of hydrogen-bond donors (Lipinski definition) is 2. The first-order valence-electron chi connectivity index (χ1n) is 7.07. The third-order valence-corrected chi connectivity index (χ3v) is 2.73. The van der Waals surface area contributed by atoms with Gasteiger partial charge in [-0.05, 0) is 32.8 Å². The van der Waals surface area contributed by atoms with E-state index in [4.69, 9.17) is 10.5 Å². The van der Waals surface area contributed by atoms with Gasteiger partial charge in [0.05, 0.1) is 6.04 Å². The molecule has 5 heteroatoms. The van der Waals surface area contributed by atoms with Crippen molar-refractivity contribution in [2.45, 2.75) is 51.8 Å². The van der Waals surface area contributed by atoms with Gasteiger partial charge in [0.2, 0.25) is 5.91 Å². The largest absolute Gasteiger partial charge is 0.460 e. The Bertz CT molecular complexity index is 466. The number of carbonyl (C=O) groups is 2. The molecule has 0 heterocycles. The van der Waals surface area contributed by atoms with E-state index in [1.54, 1.807) is 20.8 Å². The Morgan fingerprint density at radius 1 is 1.24 bits per heavy atom. The molecule has 0 aliphatic heterocycles. The monoisotopic (exact) mass is 292 g/mol. The number of ether oxygens (including phenoxy) is 1. The van der Waals surface area contributed by atoms with Gasteiger partial charge in [0, 0.05) is 13.0 Å². The van der Waals surface area contributed by atoms with E-state index in [-0.39, 0.29) is 24.7 Å². The lowest BCUT2D eigenvalue weighted by molar-refractivity contribution is -0.155. The second-order valence-corrected chi connectivity index (χ2v) is 5.94. The molecule has 1 unspecified atom stereocenters. The summed E-state index contributed by atoms with van der Waals surface area (Å²) in [6.45, 7) is 5.84. The summed E-state index contributed by atoms with van der Waals surface area (Å²) in [5.74, 6) is -0.601. The average molecular weight is 292 g/mol. The number of hydrogen-bond acceptors (Lipinski definition) is 4. The molecular weight excluding hydrogens is 268 g/mol. The molecule has 0 radical (unpaired) electrons. The summed E-state index contributed by atoms with van der Waals surface area (Å²) in [7, 11) is 0. The van der Waals surface area contributed by atoms with E-state index >= 15 is 0 Å². The minimum atomic E-state index is -0.707. The fourth-order valence-corrected chi connectivity index (χ4v) is 1.71. The van der Waals surface area contributed by atoms with Gasteiger partial charge in [-0.1, -0.05) is 30.3 Å². The first kappa shape index (κ1) is 17.2. The zero-order valence-electron chi connectivity index (χ0n) is 12.9. The Morgan fingerprint density at radius 3 is 2.43 bits per heavy atom. The first-order valence-corrected chi connectivity index (χ1v) is 7.07. The van der Waals surface area contributed by atoms with Crippen LogP contribution in [0.1, 0.15) is 39.2 Å². The van der Waals surface area contributed by atoms with Crippen LogP contribution in [0.5, 0.6) is 0 Å². The summed E-state index contributed by atoms with van der Waals surface area (Å²) in [5.41, 5.74) is 6.26. The summed E-state index contributed by atoms with van der Waals surface area (Å²) in [5, 5.41) is 2.75. The van der Waals surface area contributed by atoms with Gasteiger partial charge in [-0.2, -0.15) is 0 Å². The molecule has 0 bridgehead atoms. The number of nitrogens with one attached hydrogen (secondary N) is 1. The average Bonchev–Trinajstić information content (AvgIpc) is 2.41. The standard InChI is InChI=1S/C16H24N2O3/c1-16(2,3)21-14(19)10-9-13(17)15(20)18-11-12-7-5-4-6-8-12/h4-8,13H,9-11,17H2,1-3H3,(H,18,20). The molecule has 5 nitrogen and oxygen atoms in total. The van der Waals surface area contributed by atoms with Crippen molar-refractivity contribution in [2.75, 3.05) is 0 Å². The van der Waals surface area contributed by atoms with E-state index in [2.05, 4.69) is 5.32 Å². The molecule has 1 rings (SSSR count). The number of benzene rings is 1. The molecule has 0 fully saturated rings. The van der Waals surface area contributed by atoms with Crippen LogP contribution in [0.2, 0.25) is 0 Å². The highest BCUT2D eigenvalue weighted by molar-refractivity contribution is 5.82. The van der Waals surface area contributed by atoms with Crippen LogP contribution in [0.15, 0.2) is 30.3 Å². The molecule has 0 aliphatic carbocycles. The normalized spacial score (nSPS) is 12.6. The Balaban J connectivity index is 2.30. The van der Waals surface area contributed by atoms with Crippen LogP contribution in [-0.2, 0) is 20.9 Å². The van der Waals surface area contributed by atoms with E-state index in [0.29, 0.717) is 6.54 Å². The minimum absolute atomic E-state index is 0.136. The molecule has 0 spiro atoms. The maximum Gasteiger partial charge on any atom is 0.306 e. The highest BCUT2D eigenvalue weighted by Gasteiger charge is 2.19. The number of rotatable bonds is 6. The number of carbonyl (C=O) groups excluding carboxylic acids is 2. The van der Waals surface area contributed by atoms with Crippen LogP contribution in [0, 0.1) is 0 Å². The second-order valence-electron chi connectivity index (χ2n) is 5.94. The Labute approximate surface area is 125 Å². The maximum absolute atomic E-state index is 11.8. The molecule has 3 N–H and O–H groups in total. The molecule has 0 aliphatic rings. The molecule has 1 amide bonds. The van der Waals surface area contributed by atoms with Gasteiger partial charge in [0.1, 0.15) is 5.60 Å². The molecule has 116 valence electrons. The summed E-state index contributed by atoms with van der Waals surface area (Å²) in [6.07, 6.45) is 0.409. The molecule has 1 aromatic rings. The van der Waals surface area contributed by atoms with Crippen LogP contribution >= 0.6 is 0 Å². The van der Waals surface area contributed by atoms with Gasteiger partial charge in [-0.25, -0.2) is 0 Å². The molecule has 1 aromatic carbocycles. The topological polar surface area (TPSA) is 81.4 Å². The zero-order valence-corrected chi connectivity index (χ0v) is 12.9. The predicted octanol–water partition coefficient (Wildman–Crippen LogP) is 1.75. The maximum atomic E-state index is 11.8. The van der Waals surface area contributed by atoms with Crippen molar-refractivity contribution in [1.29, 1.82) is 0 Å². The fourth-order valence-electron chi connectivity index (χ4n) is 1.71. The van der Waals surface area contributed by atoms with E-state index in [1.807, 2.05) is 30.3 Å². The van der Waals surface area contributed by atoms with E-state index in [0.717, 1.165) is 5.56 Å². The molecular formula is C16H24N2O3. The molecule has 0 aromatic heterocycles. The van der Waals surface area contributed by atoms with Crippen molar-refractivity contribution >= 4 is 11.9 Å². The van der Waals surface area contributed by atoms with Crippen LogP contribution < -0.4 is 11.1 Å². The van der Waals surface area contributed by atoms with Crippen molar-refractivity contribution in [1.82, 2.24) is 5.32 Å². The summed E-state index contributed by atoms with van der Waals surface area (Å²) in [4.78, 5) is 23.4. The quantitative estimate of drug-likeness (QED) is 0.783. The second kappa shape index (κ2) is 7.78. The number of esters is 1. The Morgan fingerprint density at radius 2 is 1.86 bits per heavy atom. The third-order valence-electron chi connectivity index (χ3n) is 2.73. The van der Waals surface area contributed by atoms with Crippen LogP contribution in [0.25, 0.3) is 0 Å². The lowest BCUT2D eigenvalue weighted by atomic mass is 10.1. The van der Waals surface area contributed by atoms with Crippen molar-refractivity contribution < 1.29 is 14.3 Å². The molecule has 0 saturated carbocycles. The Hall–Kier alpha value is -1.88. The van der Waals surface area contributed by atoms with Crippen LogP contribution in [0.4, 0.5) is 0 Å². The van der Waals surface area contributed by atoms with Gasteiger partial charge < -0.3 is 15.8 Å². The molecule has 1 atom stereocenters. The van der Waals surface area contributed by atoms with Crippen molar-refractivity contribution in [3.63, 3.8) is 0 Å². The van der Waals surface area contributed by atoms with Crippen LogP contribution in [-0.4, -0.2) is 23.5 Å². The number of nitrogens with two attached hydrogens (primary N) is 1. The van der Waals surface area contributed by atoms with Crippen molar-refractivity contribution in [3.05, 3.63) is 35.9 Å². The van der Waals surface area contributed by atoms with Crippen LogP contribution in [0.3, 0.4) is 0 Å². The lowest BCUT2D eigenvalue weighted by Gasteiger charge is -2.20. The fraction of sp³-hybridized carbons (Fsp3) is 0.500. The van der Waals surface area contributed by atoms with Crippen molar-refractivity contribution in [3.8, 4) is 0 Å². The lowest BCUT2D eigenvalue weighted by Crippen LogP contribution is -2.40. The Kier molecular flexibility index (Phi) is 6.37. The van der Waals surface area contributed by atoms with E-state index < -0.39 is 11.6 Å². The van der Waals surface area contributed by atoms with Gasteiger partial charge in [0.15, 0.2) is 0 Å². The third kappa shape index (κ3) is 7.46. The van der Waals surface area contributed by atoms with Gasteiger partial charge >= 0.3 is 5.97 Å². The minimum Gasteiger partial charge on any atom is -0.460 e. The molecule has 0 saturated heterocycles.